The highest BCUT2D eigenvalue weighted by molar-refractivity contribution is 7.09. The van der Waals surface area contributed by atoms with Crippen molar-refractivity contribution < 1.29 is 19.8 Å². The Morgan fingerprint density at radius 3 is 2.67 bits per heavy atom. The van der Waals surface area contributed by atoms with Crippen molar-refractivity contribution in [2.45, 2.75) is 44.2 Å². The van der Waals surface area contributed by atoms with E-state index in [1.165, 1.54) is 16.7 Å². The molecule has 0 bridgehead atoms. The van der Waals surface area contributed by atoms with Crippen LogP contribution in [0.1, 0.15) is 41.2 Å². The van der Waals surface area contributed by atoms with Crippen LogP contribution in [0.15, 0.2) is 5.38 Å². The van der Waals surface area contributed by atoms with Crippen LogP contribution in [0.4, 0.5) is 4.79 Å². The lowest BCUT2D eigenvalue weighted by molar-refractivity contribution is 0.0691. The minimum absolute atomic E-state index is 0.0419. The number of aliphatic hydroxyl groups is 1. The molecule has 0 unspecified atom stereocenters. The van der Waals surface area contributed by atoms with Gasteiger partial charge >= 0.3 is 12.0 Å². The predicted octanol–water partition coefficient (Wildman–Crippen LogP) is 0.986. The molecule has 0 spiro atoms. The summed E-state index contributed by atoms with van der Waals surface area (Å²) in [6.07, 6.45) is 3.31. The molecule has 1 heterocycles. The van der Waals surface area contributed by atoms with Crippen molar-refractivity contribution in [1.29, 1.82) is 0 Å². The Kier molecular flexibility index (Phi) is 5.51. The van der Waals surface area contributed by atoms with Crippen molar-refractivity contribution in [3.63, 3.8) is 0 Å². The zero-order valence-electron chi connectivity index (χ0n) is 11.5. The number of nitrogens with one attached hydrogen (secondary N) is 2. The van der Waals surface area contributed by atoms with E-state index in [0.29, 0.717) is 18.0 Å². The van der Waals surface area contributed by atoms with Crippen molar-refractivity contribution in [3.05, 3.63) is 16.1 Å². The van der Waals surface area contributed by atoms with Crippen molar-refractivity contribution >= 4 is 23.3 Å². The molecule has 1 aromatic rings. The molecule has 0 aromatic carbocycles. The second kappa shape index (κ2) is 7.37. The quantitative estimate of drug-likeness (QED) is 0.647. The van der Waals surface area contributed by atoms with Crippen LogP contribution < -0.4 is 10.6 Å². The first-order valence-corrected chi connectivity index (χ1v) is 7.82. The van der Waals surface area contributed by atoms with Crippen LogP contribution in [0.25, 0.3) is 0 Å². The molecular weight excluding hydrogens is 294 g/mol. The number of aromatic nitrogens is 1. The third-order valence-electron chi connectivity index (χ3n) is 3.43. The molecule has 0 saturated heterocycles. The highest BCUT2D eigenvalue weighted by Crippen LogP contribution is 2.18. The van der Waals surface area contributed by atoms with E-state index >= 15 is 0 Å². The van der Waals surface area contributed by atoms with Gasteiger partial charge in [0.2, 0.25) is 0 Å². The molecule has 21 heavy (non-hydrogen) atoms. The Morgan fingerprint density at radius 2 is 2.05 bits per heavy atom. The average Bonchev–Trinajstić information content (AvgIpc) is 2.90. The van der Waals surface area contributed by atoms with Gasteiger partial charge in [-0.05, 0) is 25.7 Å². The molecule has 1 aliphatic carbocycles. The van der Waals surface area contributed by atoms with Gasteiger partial charge in [0, 0.05) is 24.4 Å². The van der Waals surface area contributed by atoms with E-state index in [1.807, 2.05) is 0 Å². The first kappa shape index (κ1) is 15.7. The number of thiazole rings is 1. The maximum absolute atomic E-state index is 11.7. The van der Waals surface area contributed by atoms with Gasteiger partial charge in [-0.1, -0.05) is 0 Å². The van der Waals surface area contributed by atoms with Crippen LogP contribution >= 0.6 is 11.3 Å². The fourth-order valence-corrected chi connectivity index (χ4v) is 3.04. The van der Waals surface area contributed by atoms with E-state index in [2.05, 4.69) is 15.6 Å². The lowest BCUT2D eigenvalue weighted by Crippen LogP contribution is -2.44. The van der Waals surface area contributed by atoms with Crippen molar-refractivity contribution in [2.24, 2.45) is 0 Å². The van der Waals surface area contributed by atoms with E-state index < -0.39 is 5.97 Å². The maximum Gasteiger partial charge on any atom is 0.355 e. The van der Waals surface area contributed by atoms with Gasteiger partial charge in [0.1, 0.15) is 0 Å². The van der Waals surface area contributed by atoms with Gasteiger partial charge < -0.3 is 20.8 Å². The van der Waals surface area contributed by atoms with Crippen LogP contribution in [-0.2, 0) is 6.42 Å². The summed E-state index contributed by atoms with van der Waals surface area (Å²) in [4.78, 5) is 26.3. The number of aliphatic hydroxyl groups excluding tert-OH is 1. The molecule has 116 valence electrons. The number of aromatic carboxylic acids is 1. The number of rotatable bonds is 5. The Hall–Kier alpha value is -1.67. The largest absolute Gasteiger partial charge is 0.476 e. The number of carboxylic acid groups (broad SMARTS) is 1. The van der Waals surface area contributed by atoms with Gasteiger partial charge in [-0.2, -0.15) is 0 Å². The number of urea groups is 1. The molecule has 1 aromatic heterocycles. The molecule has 0 atom stereocenters. The zero-order valence-corrected chi connectivity index (χ0v) is 12.4. The highest BCUT2D eigenvalue weighted by atomic mass is 32.1. The van der Waals surface area contributed by atoms with E-state index in [-0.39, 0.29) is 23.9 Å². The molecule has 1 saturated carbocycles. The van der Waals surface area contributed by atoms with Gasteiger partial charge in [0.25, 0.3) is 0 Å². The molecule has 0 aliphatic heterocycles. The van der Waals surface area contributed by atoms with Crippen LogP contribution in [0, 0.1) is 0 Å². The van der Waals surface area contributed by atoms with Gasteiger partial charge in [0.05, 0.1) is 11.1 Å². The smallest absolute Gasteiger partial charge is 0.355 e. The number of hydrogen-bond donors (Lipinski definition) is 4. The molecule has 1 fully saturated rings. The summed E-state index contributed by atoms with van der Waals surface area (Å²) in [5.41, 5.74) is 0.0419. The van der Waals surface area contributed by atoms with Crippen LogP contribution in [0.2, 0.25) is 0 Å². The number of hydrogen-bond acceptors (Lipinski definition) is 5. The lowest BCUT2D eigenvalue weighted by Gasteiger charge is -2.26. The highest BCUT2D eigenvalue weighted by Gasteiger charge is 2.20. The molecule has 1 aliphatic rings. The summed E-state index contributed by atoms with van der Waals surface area (Å²) in [6, 6.07) is -0.113. The van der Waals surface area contributed by atoms with Crippen LogP contribution in [0.5, 0.6) is 0 Å². The number of nitrogens with zero attached hydrogens (tertiary/aromatic N) is 1. The number of amides is 2. The molecule has 2 rings (SSSR count). The molecule has 7 nitrogen and oxygen atoms in total. The number of carboxylic acids is 1. The molecule has 8 heteroatoms. The fraction of sp³-hybridized carbons (Fsp3) is 0.615. The monoisotopic (exact) mass is 313 g/mol. The van der Waals surface area contributed by atoms with E-state index in [4.69, 9.17) is 5.11 Å². The van der Waals surface area contributed by atoms with Crippen molar-refractivity contribution in [3.8, 4) is 0 Å². The lowest BCUT2D eigenvalue weighted by atomic mass is 9.93. The Balaban J connectivity index is 1.65. The first-order valence-electron chi connectivity index (χ1n) is 6.94. The summed E-state index contributed by atoms with van der Waals surface area (Å²) in [7, 11) is 0. The first-order chi connectivity index (χ1) is 10.0. The SMILES string of the molecule is O=C(NCCc1nc(C(=O)O)cs1)NC1CCC(O)CC1. The fourth-order valence-electron chi connectivity index (χ4n) is 2.26. The minimum atomic E-state index is -1.04. The third kappa shape index (κ3) is 4.98. The molecular formula is C13H19N3O4S. The maximum atomic E-state index is 11.7. The van der Waals surface area contributed by atoms with Crippen molar-refractivity contribution in [1.82, 2.24) is 15.6 Å². The van der Waals surface area contributed by atoms with Gasteiger partial charge in [0.15, 0.2) is 5.69 Å². The summed E-state index contributed by atoms with van der Waals surface area (Å²) in [5, 5.41) is 25.9. The normalized spacial score (nSPS) is 21.8. The summed E-state index contributed by atoms with van der Waals surface area (Å²) in [5.74, 6) is -1.04. The number of carbonyl (C=O) groups is 2. The average molecular weight is 313 g/mol. The van der Waals surface area contributed by atoms with E-state index in [0.717, 1.165) is 25.7 Å². The second-order valence-corrected chi connectivity index (χ2v) is 6.03. The Labute approximate surface area is 126 Å². The second-order valence-electron chi connectivity index (χ2n) is 5.09. The zero-order chi connectivity index (χ0) is 15.2. The summed E-state index contributed by atoms with van der Waals surface area (Å²) in [6.45, 7) is 0.410. The topological polar surface area (TPSA) is 112 Å². The van der Waals surface area contributed by atoms with Crippen LogP contribution in [-0.4, -0.2) is 45.9 Å². The molecule has 2 amide bonds. The number of carbonyl (C=O) groups excluding carboxylic acids is 1. The minimum Gasteiger partial charge on any atom is -0.476 e. The summed E-state index contributed by atoms with van der Waals surface area (Å²) < 4.78 is 0. The van der Waals surface area contributed by atoms with Gasteiger partial charge in [-0.15, -0.1) is 11.3 Å². The Bertz CT molecular complexity index is 497. The van der Waals surface area contributed by atoms with Gasteiger partial charge in [-0.25, -0.2) is 14.6 Å². The Morgan fingerprint density at radius 1 is 1.33 bits per heavy atom. The van der Waals surface area contributed by atoms with Crippen LogP contribution in [0.3, 0.4) is 0 Å². The van der Waals surface area contributed by atoms with E-state index in [9.17, 15) is 14.7 Å². The summed E-state index contributed by atoms with van der Waals surface area (Å²) >= 11 is 1.27. The van der Waals surface area contributed by atoms with Gasteiger partial charge in [-0.3, -0.25) is 0 Å². The predicted molar refractivity (Wildman–Crippen MR) is 77.6 cm³/mol. The standard InChI is InChI=1S/C13H19N3O4S/c17-9-3-1-8(2-4-9)15-13(20)14-6-5-11-16-10(7-21-11)12(18)19/h7-9,17H,1-6H2,(H,18,19)(H2,14,15,20). The third-order valence-corrected chi connectivity index (χ3v) is 4.34. The molecule has 0 radical (unpaired) electrons. The molecule has 4 N–H and O–H groups in total. The van der Waals surface area contributed by atoms with Crippen molar-refractivity contribution in [2.75, 3.05) is 6.54 Å². The van der Waals surface area contributed by atoms with E-state index in [1.54, 1.807) is 0 Å².